The molecule has 2 heterocycles. The number of carbonyl (C=O) groups excluding carboxylic acids is 1. The Labute approximate surface area is 122 Å². The number of aryl methyl sites for hydroxylation is 2. The number of rotatable bonds is 5. The Hall–Kier alpha value is -1.89. The van der Waals surface area contributed by atoms with Gasteiger partial charge in [-0.05, 0) is 13.3 Å². The summed E-state index contributed by atoms with van der Waals surface area (Å²) in [5.74, 6) is -0.172. The quantitative estimate of drug-likeness (QED) is 0.882. The van der Waals surface area contributed by atoms with Gasteiger partial charge < -0.3 is 10.6 Å². The number of nitrogens with zero attached hydrogens (tertiary/aromatic N) is 3. The lowest BCUT2D eigenvalue weighted by Crippen LogP contribution is -2.27. The zero-order chi connectivity index (χ0) is 14.7. The summed E-state index contributed by atoms with van der Waals surface area (Å²) in [4.78, 5) is 19.2. The van der Waals surface area contributed by atoms with E-state index in [0.29, 0.717) is 17.9 Å². The molecule has 0 saturated heterocycles. The number of aromatic amines is 1. The van der Waals surface area contributed by atoms with E-state index in [0.717, 1.165) is 29.1 Å². The molecule has 0 fully saturated rings. The summed E-state index contributed by atoms with van der Waals surface area (Å²) >= 11 is 1.54. The minimum atomic E-state index is -0.172. The molecule has 0 bridgehead atoms. The second-order valence-electron chi connectivity index (χ2n) is 4.74. The number of carbonyl (C=O) groups is 1. The first-order chi connectivity index (χ1) is 9.54. The average Bonchev–Trinajstić information content (AvgIpc) is 2.97. The summed E-state index contributed by atoms with van der Waals surface area (Å²) in [6.45, 7) is 4.51. The number of aromatic nitrogens is 3. The van der Waals surface area contributed by atoms with Crippen molar-refractivity contribution in [3.05, 3.63) is 27.5 Å². The summed E-state index contributed by atoms with van der Waals surface area (Å²) in [7, 11) is 1.75. The molecule has 108 valence electrons. The molecule has 0 spiro atoms. The molecule has 0 aliphatic heterocycles. The maximum atomic E-state index is 12.4. The van der Waals surface area contributed by atoms with E-state index in [-0.39, 0.29) is 5.91 Å². The van der Waals surface area contributed by atoms with E-state index in [4.69, 9.17) is 5.73 Å². The lowest BCUT2D eigenvalue weighted by molar-refractivity contribution is 0.0781. The number of thiazole rings is 1. The van der Waals surface area contributed by atoms with Gasteiger partial charge >= 0.3 is 0 Å². The van der Waals surface area contributed by atoms with Gasteiger partial charge in [0.1, 0.15) is 0 Å². The van der Waals surface area contributed by atoms with Gasteiger partial charge in [0.2, 0.25) is 0 Å². The molecule has 0 atom stereocenters. The van der Waals surface area contributed by atoms with Gasteiger partial charge in [0, 0.05) is 11.9 Å². The lowest BCUT2D eigenvalue weighted by atomic mass is 10.2. The molecule has 7 heteroatoms. The highest BCUT2D eigenvalue weighted by atomic mass is 32.1. The Balaban J connectivity index is 2.12. The van der Waals surface area contributed by atoms with E-state index in [2.05, 4.69) is 22.1 Å². The molecule has 0 radical (unpaired) electrons. The first kappa shape index (κ1) is 14.5. The maximum Gasteiger partial charge on any atom is 0.276 e. The fraction of sp³-hybridized carbons (Fsp3) is 0.462. The summed E-state index contributed by atoms with van der Waals surface area (Å²) in [5.41, 5.74) is 10.3. The zero-order valence-corrected chi connectivity index (χ0v) is 12.8. The van der Waals surface area contributed by atoms with Gasteiger partial charge in [0.05, 0.1) is 29.1 Å². The van der Waals surface area contributed by atoms with Crippen LogP contribution in [-0.2, 0) is 13.0 Å². The van der Waals surface area contributed by atoms with E-state index in [1.54, 1.807) is 28.8 Å². The molecule has 0 aliphatic rings. The first-order valence-corrected chi connectivity index (χ1v) is 7.39. The molecule has 2 rings (SSSR count). The number of nitrogens with one attached hydrogen (secondary N) is 1. The number of nitrogen functional groups attached to an aromatic ring is 1. The Morgan fingerprint density at radius 1 is 1.55 bits per heavy atom. The SMILES string of the molecule is CCCc1[nH]nc(C(=O)N(C)Cc2scnc2C)c1N. The molecule has 0 aliphatic carbocycles. The van der Waals surface area contributed by atoms with Crippen molar-refractivity contribution in [2.75, 3.05) is 12.8 Å². The van der Waals surface area contributed by atoms with E-state index >= 15 is 0 Å². The van der Waals surface area contributed by atoms with Crippen molar-refractivity contribution in [2.45, 2.75) is 33.2 Å². The highest BCUT2D eigenvalue weighted by molar-refractivity contribution is 7.09. The molecular formula is C13H19N5OS. The highest BCUT2D eigenvalue weighted by Crippen LogP contribution is 2.19. The van der Waals surface area contributed by atoms with Crippen molar-refractivity contribution in [2.24, 2.45) is 0 Å². The largest absolute Gasteiger partial charge is 0.395 e. The summed E-state index contributed by atoms with van der Waals surface area (Å²) < 4.78 is 0. The molecule has 1 amide bonds. The van der Waals surface area contributed by atoms with Gasteiger partial charge in [-0.1, -0.05) is 13.3 Å². The third-order valence-electron chi connectivity index (χ3n) is 3.16. The Morgan fingerprint density at radius 2 is 2.30 bits per heavy atom. The molecule has 2 aromatic rings. The van der Waals surface area contributed by atoms with E-state index in [9.17, 15) is 4.79 Å². The summed E-state index contributed by atoms with van der Waals surface area (Å²) in [6.07, 6.45) is 1.75. The van der Waals surface area contributed by atoms with Gasteiger partial charge in [0.25, 0.3) is 5.91 Å². The van der Waals surface area contributed by atoms with E-state index < -0.39 is 0 Å². The molecule has 2 aromatic heterocycles. The minimum Gasteiger partial charge on any atom is -0.395 e. The van der Waals surface area contributed by atoms with Gasteiger partial charge in [0.15, 0.2) is 5.69 Å². The van der Waals surface area contributed by atoms with Crippen LogP contribution >= 0.6 is 11.3 Å². The predicted octanol–water partition coefficient (Wildman–Crippen LogP) is 1.98. The molecule has 0 aromatic carbocycles. The number of hydrogen-bond donors (Lipinski definition) is 2. The van der Waals surface area contributed by atoms with Crippen molar-refractivity contribution < 1.29 is 4.79 Å². The normalized spacial score (nSPS) is 10.8. The molecule has 20 heavy (non-hydrogen) atoms. The van der Waals surface area contributed by atoms with Crippen molar-refractivity contribution in [3.63, 3.8) is 0 Å². The van der Waals surface area contributed by atoms with Gasteiger partial charge in [-0.3, -0.25) is 9.89 Å². The van der Waals surface area contributed by atoms with Crippen molar-refractivity contribution >= 4 is 22.9 Å². The fourth-order valence-corrected chi connectivity index (χ4v) is 2.77. The van der Waals surface area contributed by atoms with Crippen LogP contribution in [-0.4, -0.2) is 33.0 Å². The molecule has 0 saturated carbocycles. The third-order valence-corrected chi connectivity index (χ3v) is 4.08. The van der Waals surface area contributed by atoms with Crippen LogP contribution in [0, 0.1) is 6.92 Å². The van der Waals surface area contributed by atoms with E-state index in [1.807, 2.05) is 6.92 Å². The van der Waals surface area contributed by atoms with Crippen LogP contribution in [0.25, 0.3) is 0 Å². The van der Waals surface area contributed by atoms with E-state index in [1.165, 1.54) is 0 Å². The van der Waals surface area contributed by atoms with Crippen molar-refractivity contribution in [3.8, 4) is 0 Å². The molecular weight excluding hydrogens is 274 g/mol. The van der Waals surface area contributed by atoms with Crippen LogP contribution < -0.4 is 5.73 Å². The lowest BCUT2D eigenvalue weighted by Gasteiger charge is -2.15. The van der Waals surface area contributed by atoms with Crippen molar-refractivity contribution in [1.29, 1.82) is 0 Å². The Bertz CT molecular complexity index is 604. The average molecular weight is 293 g/mol. The fourth-order valence-electron chi connectivity index (χ4n) is 1.94. The topological polar surface area (TPSA) is 87.9 Å². The number of amides is 1. The Morgan fingerprint density at radius 3 is 2.90 bits per heavy atom. The monoisotopic (exact) mass is 293 g/mol. The molecule has 0 unspecified atom stereocenters. The second kappa shape index (κ2) is 6.04. The summed E-state index contributed by atoms with van der Waals surface area (Å²) in [6, 6.07) is 0. The van der Waals surface area contributed by atoms with Crippen LogP contribution in [0.4, 0.5) is 5.69 Å². The predicted molar refractivity (Wildman–Crippen MR) is 79.6 cm³/mol. The molecule has 6 nitrogen and oxygen atoms in total. The van der Waals surface area contributed by atoms with Crippen LogP contribution in [0.1, 0.15) is 40.1 Å². The minimum absolute atomic E-state index is 0.172. The van der Waals surface area contributed by atoms with Crippen LogP contribution in [0.5, 0.6) is 0 Å². The van der Waals surface area contributed by atoms with Crippen molar-refractivity contribution in [1.82, 2.24) is 20.1 Å². The summed E-state index contributed by atoms with van der Waals surface area (Å²) in [5, 5.41) is 6.90. The third kappa shape index (κ3) is 2.82. The Kier molecular flexibility index (Phi) is 4.39. The highest BCUT2D eigenvalue weighted by Gasteiger charge is 2.21. The number of hydrogen-bond acceptors (Lipinski definition) is 5. The smallest absolute Gasteiger partial charge is 0.276 e. The molecule has 3 N–H and O–H groups in total. The second-order valence-corrected chi connectivity index (χ2v) is 5.68. The van der Waals surface area contributed by atoms with Crippen LogP contribution in [0.15, 0.2) is 5.51 Å². The van der Waals surface area contributed by atoms with Gasteiger partial charge in [-0.2, -0.15) is 5.10 Å². The number of anilines is 1. The van der Waals surface area contributed by atoms with Gasteiger partial charge in [-0.15, -0.1) is 11.3 Å². The zero-order valence-electron chi connectivity index (χ0n) is 11.9. The van der Waals surface area contributed by atoms with Crippen LogP contribution in [0.3, 0.4) is 0 Å². The number of nitrogens with two attached hydrogens (primary N) is 1. The first-order valence-electron chi connectivity index (χ1n) is 6.51. The van der Waals surface area contributed by atoms with Gasteiger partial charge in [-0.25, -0.2) is 4.98 Å². The maximum absolute atomic E-state index is 12.4. The standard InChI is InChI=1S/C13H19N5OS/c1-4-5-9-11(14)12(17-16-9)13(19)18(3)6-10-8(2)15-7-20-10/h7H,4-6,14H2,1-3H3,(H,16,17). The number of H-pyrrole nitrogens is 1. The van der Waals surface area contributed by atoms with Crippen LogP contribution in [0.2, 0.25) is 0 Å².